The molecule has 0 spiro atoms. The second-order valence-electron chi connectivity index (χ2n) is 2.11. The Morgan fingerprint density at radius 2 is 2.15 bits per heavy atom. The Morgan fingerprint density at radius 3 is 2.77 bits per heavy atom. The molecule has 1 aromatic carbocycles. The molecule has 0 aliphatic rings. The van der Waals surface area contributed by atoms with Gasteiger partial charge in [0.1, 0.15) is 5.75 Å². The van der Waals surface area contributed by atoms with Crippen LogP contribution in [0.4, 0.5) is 0 Å². The second kappa shape index (κ2) is 5.31. The van der Waals surface area contributed by atoms with Crippen LogP contribution in [0.1, 0.15) is 6.92 Å². The fourth-order valence-electron chi connectivity index (χ4n) is 0.678. The molecule has 1 N–H and O–H groups in total. The largest absolute Gasteiger partial charge is 0.384 e. The molecule has 5 heteroatoms. The maximum Gasteiger partial charge on any atom is 0.332 e. The Morgan fingerprint density at radius 1 is 1.46 bits per heavy atom. The van der Waals surface area contributed by atoms with Crippen molar-refractivity contribution in [2.45, 2.75) is 6.92 Å². The summed E-state index contributed by atoms with van der Waals surface area (Å²) in [6, 6.07) is 8.89. The van der Waals surface area contributed by atoms with E-state index in [-0.39, 0.29) is 0 Å². The summed E-state index contributed by atoms with van der Waals surface area (Å²) in [6.45, 7) is 1.71. The number of nitrogens with zero attached hydrogens (tertiary/aromatic N) is 1. The molecule has 1 atom stereocenters. The van der Waals surface area contributed by atoms with E-state index in [9.17, 15) is 4.21 Å². The van der Waals surface area contributed by atoms with Crippen LogP contribution in [0.3, 0.4) is 0 Å². The number of nitrogens with one attached hydrogen (secondary N) is 1. The van der Waals surface area contributed by atoms with Crippen LogP contribution in [0.5, 0.6) is 5.75 Å². The normalized spacial score (nSPS) is 12.7. The van der Waals surface area contributed by atoms with Gasteiger partial charge in [-0.3, -0.25) is 0 Å². The molecule has 0 bridgehead atoms. The van der Waals surface area contributed by atoms with E-state index in [1.165, 1.54) is 6.21 Å². The van der Waals surface area contributed by atoms with Gasteiger partial charge in [0.05, 0.1) is 0 Å². The Bertz CT molecular complexity index is 300. The SMILES string of the molecule is C/C=N\NS(=O)Oc1ccccc1. The topological polar surface area (TPSA) is 50.7 Å². The van der Waals surface area contributed by atoms with E-state index in [0.717, 1.165) is 0 Å². The van der Waals surface area contributed by atoms with Gasteiger partial charge in [-0.05, 0) is 19.1 Å². The number of para-hydroxylation sites is 1. The second-order valence-corrected chi connectivity index (χ2v) is 2.93. The fourth-order valence-corrected chi connectivity index (χ4v) is 1.19. The summed E-state index contributed by atoms with van der Waals surface area (Å²) in [6.07, 6.45) is 1.49. The van der Waals surface area contributed by atoms with Crippen molar-refractivity contribution in [3.63, 3.8) is 0 Å². The summed E-state index contributed by atoms with van der Waals surface area (Å²) in [4.78, 5) is 2.30. The predicted molar refractivity (Wildman–Crippen MR) is 52.5 cm³/mol. The van der Waals surface area contributed by atoms with Gasteiger partial charge in [-0.2, -0.15) is 14.1 Å². The van der Waals surface area contributed by atoms with Gasteiger partial charge in [0.15, 0.2) is 0 Å². The number of hydrazone groups is 1. The van der Waals surface area contributed by atoms with Crippen LogP contribution in [0.25, 0.3) is 0 Å². The minimum absolute atomic E-state index is 0.541. The molecular weight excluding hydrogens is 188 g/mol. The maximum atomic E-state index is 11.0. The van der Waals surface area contributed by atoms with E-state index in [1.54, 1.807) is 31.2 Å². The summed E-state index contributed by atoms with van der Waals surface area (Å²) in [7, 11) is 0. The first kappa shape index (κ1) is 9.73. The highest BCUT2D eigenvalue weighted by Crippen LogP contribution is 2.08. The van der Waals surface area contributed by atoms with Crippen molar-refractivity contribution < 1.29 is 8.39 Å². The minimum atomic E-state index is -1.62. The number of benzene rings is 1. The lowest BCUT2D eigenvalue weighted by Crippen LogP contribution is -2.15. The van der Waals surface area contributed by atoms with Crippen LogP contribution in [0.2, 0.25) is 0 Å². The number of hydrogen-bond donors (Lipinski definition) is 1. The highest BCUT2D eigenvalue weighted by Gasteiger charge is 1.97. The van der Waals surface area contributed by atoms with Gasteiger partial charge >= 0.3 is 11.3 Å². The molecule has 0 saturated heterocycles. The number of hydrogen-bond acceptors (Lipinski definition) is 3. The summed E-state index contributed by atoms with van der Waals surface area (Å²) in [5, 5.41) is 3.57. The molecular formula is C8H10N2O2S. The average molecular weight is 198 g/mol. The third kappa shape index (κ3) is 3.71. The van der Waals surface area contributed by atoms with Crippen molar-refractivity contribution in [2.75, 3.05) is 0 Å². The maximum absolute atomic E-state index is 11.0. The van der Waals surface area contributed by atoms with Gasteiger partial charge in [0.2, 0.25) is 0 Å². The van der Waals surface area contributed by atoms with Crippen LogP contribution >= 0.6 is 0 Å². The molecule has 0 aliphatic heterocycles. The van der Waals surface area contributed by atoms with Crippen LogP contribution in [0, 0.1) is 0 Å². The lowest BCUT2D eigenvalue weighted by atomic mass is 10.3. The Balaban J connectivity index is 2.46. The fraction of sp³-hybridized carbons (Fsp3) is 0.125. The van der Waals surface area contributed by atoms with Gasteiger partial charge in [-0.25, -0.2) is 0 Å². The van der Waals surface area contributed by atoms with Crippen molar-refractivity contribution >= 4 is 17.5 Å². The lowest BCUT2D eigenvalue weighted by molar-refractivity contribution is 0.550. The van der Waals surface area contributed by atoms with E-state index in [1.807, 2.05) is 6.07 Å². The van der Waals surface area contributed by atoms with Crippen LogP contribution in [-0.2, 0) is 11.3 Å². The molecule has 0 aromatic heterocycles. The van der Waals surface area contributed by atoms with E-state index >= 15 is 0 Å². The van der Waals surface area contributed by atoms with Gasteiger partial charge in [-0.15, -0.1) is 0 Å². The Labute approximate surface area is 79.4 Å². The molecule has 1 rings (SSSR count). The van der Waals surface area contributed by atoms with Gasteiger partial charge in [0, 0.05) is 6.21 Å². The Hall–Kier alpha value is -1.36. The summed E-state index contributed by atoms with van der Waals surface area (Å²) in [5.41, 5.74) is 0. The van der Waals surface area contributed by atoms with E-state index in [2.05, 4.69) is 9.93 Å². The first-order chi connectivity index (χ1) is 6.33. The molecule has 0 amide bonds. The van der Waals surface area contributed by atoms with Crippen LogP contribution < -0.4 is 9.01 Å². The molecule has 0 saturated carbocycles. The lowest BCUT2D eigenvalue weighted by Gasteiger charge is -2.01. The van der Waals surface area contributed by atoms with Crippen molar-refractivity contribution in [3.05, 3.63) is 30.3 Å². The third-order valence-corrected chi connectivity index (χ3v) is 1.77. The van der Waals surface area contributed by atoms with E-state index < -0.39 is 11.3 Å². The monoisotopic (exact) mass is 198 g/mol. The van der Waals surface area contributed by atoms with E-state index in [4.69, 9.17) is 4.18 Å². The van der Waals surface area contributed by atoms with Gasteiger partial charge < -0.3 is 4.18 Å². The zero-order valence-electron chi connectivity index (χ0n) is 7.14. The van der Waals surface area contributed by atoms with Crippen molar-refractivity contribution in [3.8, 4) is 5.75 Å². The smallest absolute Gasteiger partial charge is 0.332 e. The molecule has 13 heavy (non-hydrogen) atoms. The first-order valence-electron chi connectivity index (χ1n) is 3.71. The Kier molecular flexibility index (Phi) is 3.98. The molecule has 70 valence electrons. The summed E-state index contributed by atoms with van der Waals surface area (Å²) < 4.78 is 16.0. The average Bonchev–Trinajstić information content (AvgIpc) is 2.16. The molecule has 4 nitrogen and oxygen atoms in total. The highest BCUT2D eigenvalue weighted by atomic mass is 32.2. The zero-order chi connectivity index (χ0) is 9.52. The quantitative estimate of drug-likeness (QED) is 0.584. The standard InChI is InChI=1S/C8H10N2O2S/c1-2-9-10-13(11)12-8-6-4-3-5-7-8/h2-7,10H,1H3/b9-2-. The minimum Gasteiger partial charge on any atom is -0.384 e. The molecule has 0 radical (unpaired) electrons. The zero-order valence-corrected chi connectivity index (χ0v) is 7.95. The third-order valence-electron chi connectivity index (χ3n) is 1.17. The summed E-state index contributed by atoms with van der Waals surface area (Å²) in [5.74, 6) is 0.541. The molecule has 1 aromatic rings. The number of rotatable bonds is 4. The van der Waals surface area contributed by atoms with Crippen molar-refractivity contribution in [2.24, 2.45) is 5.10 Å². The van der Waals surface area contributed by atoms with Crippen molar-refractivity contribution in [1.29, 1.82) is 0 Å². The van der Waals surface area contributed by atoms with Crippen LogP contribution in [0.15, 0.2) is 35.4 Å². The van der Waals surface area contributed by atoms with Crippen LogP contribution in [-0.4, -0.2) is 10.4 Å². The van der Waals surface area contributed by atoms with Gasteiger partial charge in [-0.1, -0.05) is 18.2 Å². The van der Waals surface area contributed by atoms with Crippen molar-refractivity contribution in [1.82, 2.24) is 4.83 Å². The molecule has 1 unspecified atom stereocenters. The highest BCUT2D eigenvalue weighted by molar-refractivity contribution is 7.78. The molecule has 0 heterocycles. The van der Waals surface area contributed by atoms with E-state index in [0.29, 0.717) is 5.75 Å². The van der Waals surface area contributed by atoms with Gasteiger partial charge in [0.25, 0.3) is 0 Å². The first-order valence-corrected chi connectivity index (χ1v) is 4.79. The molecule has 0 aliphatic carbocycles. The molecule has 0 fully saturated rings. The summed E-state index contributed by atoms with van der Waals surface area (Å²) >= 11 is -1.62. The predicted octanol–water partition coefficient (Wildman–Crippen LogP) is 1.24.